The van der Waals surface area contributed by atoms with Gasteiger partial charge in [-0.05, 0) is 79.1 Å². The van der Waals surface area contributed by atoms with Gasteiger partial charge in [0.05, 0.1) is 29.8 Å². The molecule has 0 spiro atoms. The van der Waals surface area contributed by atoms with Crippen molar-refractivity contribution in [2.75, 3.05) is 31.0 Å². The van der Waals surface area contributed by atoms with Gasteiger partial charge in [-0.25, -0.2) is 4.98 Å². The molecule has 1 aromatic heterocycles. The molecule has 0 saturated carbocycles. The summed E-state index contributed by atoms with van der Waals surface area (Å²) < 4.78 is 5.21. The first kappa shape index (κ1) is 24.1. The second kappa shape index (κ2) is 9.13. The van der Waals surface area contributed by atoms with E-state index in [4.69, 9.17) is 4.74 Å². The normalized spacial score (nSPS) is 17.0. The maximum atomic E-state index is 13.5. The number of amides is 1. The molecule has 2 heterocycles. The highest BCUT2D eigenvalue weighted by Gasteiger charge is 2.48. The Morgan fingerprint density at radius 2 is 1.65 bits per heavy atom. The Morgan fingerprint density at radius 3 is 2.27 bits per heavy atom. The number of hydrogen-bond donors (Lipinski definition) is 2. The van der Waals surface area contributed by atoms with Crippen LogP contribution in [-0.4, -0.2) is 48.0 Å². The third-order valence-electron chi connectivity index (χ3n) is 6.85. The molecule has 8 nitrogen and oxygen atoms in total. The third kappa shape index (κ3) is 4.10. The minimum atomic E-state index is -0.874. The van der Waals surface area contributed by atoms with Crippen molar-refractivity contribution in [3.63, 3.8) is 0 Å². The van der Waals surface area contributed by atoms with E-state index in [9.17, 15) is 14.7 Å². The molecule has 2 N–H and O–H groups in total. The highest BCUT2D eigenvalue weighted by atomic mass is 16.5. The average molecular weight is 497 g/mol. The Hall–Kier alpha value is -4.59. The van der Waals surface area contributed by atoms with E-state index in [0.717, 1.165) is 22.3 Å². The van der Waals surface area contributed by atoms with E-state index >= 15 is 0 Å². The zero-order chi connectivity index (χ0) is 26.4. The van der Waals surface area contributed by atoms with Crippen LogP contribution in [0.25, 0.3) is 16.8 Å². The van der Waals surface area contributed by atoms with Gasteiger partial charge >= 0.3 is 5.91 Å². The molecule has 188 valence electrons. The van der Waals surface area contributed by atoms with Gasteiger partial charge in [0.1, 0.15) is 11.5 Å². The Morgan fingerprint density at radius 1 is 1.00 bits per heavy atom. The van der Waals surface area contributed by atoms with Gasteiger partial charge < -0.3 is 19.7 Å². The van der Waals surface area contributed by atoms with Gasteiger partial charge in [0.15, 0.2) is 0 Å². The largest absolute Gasteiger partial charge is 0.507 e. The maximum absolute atomic E-state index is 13.5. The Bertz CT molecular complexity index is 1510. The first-order valence-electron chi connectivity index (χ1n) is 11.9. The molecule has 1 saturated heterocycles. The lowest BCUT2D eigenvalue weighted by atomic mass is 9.95. The summed E-state index contributed by atoms with van der Waals surface area (Å²) >= 11 is 0. The van der Waals surface area contributed by atoms with Gasteiger partial charge in [0.2, 0.25) is 5.95 Å². The summed E-state index contributed by atoms with van der Waals surface area (Å²) in [7, 11) is 5.42. The zero-order valence-electron chi connectivity index (χ0n) is 21.4. The van der Waals surface area contributed by atoms with Crippen LogP contribution >= 0.6 is 0 Å². The van der Waals surface area contributed by atoms with Crippen molar-refractivity contribution in [2.24, 2.45) is 0 Å². The number of benzene rings is 3. The van der Waals surface area contributed by atoms with Crippen molar-refractivity contribution < 1.29 is 19.4 Å². The number of aliphatic hydroxyl groups excluding tert-OH is 1. The molecule has 0 radical (unpaired) electrons. The van der Waals surface area contributed by atoms with Crippen molar-refractivity contribution in [1.82, 2.24) is 9.97 Å². The topological polar surface area (TPSA) is 98.8 Å². The summed E-state index contributed by atoms with van der Waals surface area (Å²) in [5.74, 6) is -0.932. The number of aryl methyl sites for hydroxylation is 2. The smallest absolute Gasteiger partial charge is 0.302 e. The van der Waals surface area contributed by atoms with Gasteiger partial charge in [0, 0.05) is 25.3 Å². The molecular formula is C29H28N4O4. The number of carbonyl (C=O) groups excluding carboxylic acids is 2. The second-order valence-electron chi connectivity index (χ2n) is 9.40. The molecule has 1 atom stereocenters. The third-order valence-corrected chi connectivity index (χ3v) is 6.85. The summed E-state index contributed by atoms with van der Waals surface area (Å²) in [6, 6.07) is 17.3. The van der Waals surface area contributed by atoms with E-state index in [-0.39, 0.29) is 17.3 Å². The summed E-state index contributed by atoms with van der Waals surface area (Å²) in [5.41, 5.74) is 5.65. The van der Waals surface area contributed by atoms with E-state index in [1.165, 1.54) is 4.90 Å². The van der Waals surface area contributed by atoms with E-state index < -0.39 is 17.7 Å². The van der Waals surface area contributed by atoms with Crippen LogP contribution in [0.5, 0.6) is 5.75 Å². The number of fused-ring (bicyclic) bond motifs is 1. The van der Waals surface area contributed by atoms with Gasteiger partial charge in [-0.3, -0.25) is 14.5 Å². The lowest BCUT2D eigenvalue weighted by molar-refractivity contribution is -0.132. The fourth-order valence-corrected chi connectivity index (χ4v) is 4.60. The fourth-order valence-electron chi connectivity index (χ4n) is 4.60. The van der Waals surface area contributed by atoms with E-state index in [1.54, 1.807) is 31.4 Å². The number of aliphatic hydroxyl groups is 1. The zero-order valence-corrected chi connectivity index (χ0v) is 21.4. The number of ether oxygens (including phenoxy) is 1. The van der Waals surface area contributed by atoms with Crippen LogP contribution in [0.4, 0.5) is 11.6 Å². The molecular weight excluding hydrogens is 468 g/mol. The highest BCUT2D eigenvalue weighted by Crippen LogP contribution is 2.42. The molecule has 3 aromatic carbocycles. The van der Waals surface area contributed by atoms with Crippen LogP contribution in [0.2, 0.25) is 0 Å². The number of imidazole rings is 1. The van der Waals surface area contributed by atoms with Gasteiger partial charge in [-0.2, -0.15) is 0 Å². The van der Waals surface area contributed by atoms with Crippen LogP contribution in [0.3, 0.4) is 0 Å². The SMILES string of the molecule is COc1ccc(/C(O)=C2\C(=O)C(=O)N(c3nc4cc(C)c(C)cc4[nH]3)C2c2ccc(N(C)C)cc2)cc1. The number of anilines is 2. The Labute approximate surface area is 214 Å². The Kier molecular flexibility index (Phi) is 5.95. The predicted molar refractivity (Wildman–Crippen MR) is 144 cm³/mol. The number of Topliss-reactive ketones (excluding diaryl/α,β-unsaturated/α-hetero) is 1. The molecule has 4 aromatic rings. The van der Waals surface area contributed by atoms with Crippen molar-refractivity contribution in [1.29, 1.82) is 0 Å². The summed E-state index contributed by atoms with van der Waals surface area (Å²) in [4.78, 5) is 38.1. The average Bonchev–Trinajstić information content (AvgIpc) is 3.41. The monoisotopic (exact) mass is 496 g/mol. The van der Waals surface area contributed by atoms with Crippen molar-refractivity contribution in [2.45, 2.75) is 19.9 Å². The Balaban J connectivity index is 1.70. The van der Waals surface area contributed by atoms with Crippen LogP contribution in [0.15, 0.2) is 66.2 Å². The molecule has 1 aliphatic heterocycles. The van der Waals surface area contributed by atoms with Crippen LogP contribution in [0, 0.1) is 13.8 Å². The van der Waals surface area contributed by atoms with Crippen molar-refractivity contribution in [3.8, 4) is 5.75 Å². The molecule has 1 aliphatic rings. The minimum Gasteiger partial charge on any atom is -0.507 e. The molecule has 1 amide bonds. The van der Waals surface area contributed by atoms with Crippen LogP contribution in [-0.2, 0) is 9.59 Å². The quantitative estimate of drug-likeness (QED) is 0.232. The number of nitrogens with zero attached hydrogens (tertiary/aromatic N) is 3. The summed E-state index contributed by atoms with van der Waals surface area (Å²) in [6.45, 7) is 4.00. The van der Waals surface area contributed by atoms with E-state index in [1.807, 2.05) is 69.2 Å². The number of aromatic amines is 1. The van der Waals surface area contributed by atoms with E-state index in [2.05, 4.69) is 9.97 Å². The minimum absolute atomic E-state index is 0.000544. The lowest BCUT2D eigenvalue weighted by Gasteiger charge is -2.23. The molecule has 1 fully saturated rings. The second-order valence-corrected chi connectivity index (χ2v) is 9.40. The first-order chi connectivity index (χ1) is 17.7. The van der Waals surface area contributed by atoms with Gasteiger partial charge in [-0.1, -0.05) is 12.1 Å². The first-order valence-corrected chi connectivity index (χ1v) is 11.9. The summed E-state index contributed by atoms with van der Waals surface area (Å²) in [5, 5.41) is 11.3. The van der Waals surface area contributed by atoms with Gasteiger partial charge in [-0.15, -0.1) is 0 Å². The molecule has 5 rings (SSSR count). The lowest BCUT2D eigenvalue weighted by Crippen LogP contribution is -2.30. The fraction of sp³-hybridized carbons (Fsp3) is 0.207. The molecule has 1 unspecified atom stereocenters. The van der Waals surface area contributed by atoms with E-state index in [0.29, 0.717) is 22.4 Å². The molecule has 0 aliphatic carbocycles. The predicted octanol–water partition coefficient (Wildman–Crippen LogP) is 4.88. The summed E-state index contributed by atoms with van der Waals surface area (Å²) in [6.07, 6.45) is 0. The number of H-pyrrole nitrogens is 1. The number of rotatable bonds is 5. The molecule has 8 heteroatoms. The number of nitrogens with one attached hydrogen (secondary N) is 1. The van der Waals surface area contributed by atoms with Crippen molar-refractivity contribution >= 4 is 40.1 Å². The maximum Gasteiger partial charge on any atom is 0.302 e. The van der Waals surface area contributed by atoms with Crippen molar-refractivity contribution in [3.05, 3.63) is 88.5 Å². The highest BCUT2D eigenvalue weighted by molar-refractivity contribution is 6.51. The molecule has 0 bridgehead atoms. The van der Waals surface area contributed by atoms with Crippen LogP contribution in [0.1, 0.15) is 28.3 Å². The standard InChI is InChI=1S/C29H28N4O4/c1-16-14-22-23(15-17(16)2)31-29(30-22)33-25(18-6-10-20(11-7-18)32(3)4)24(27(35)28(33)36)26(34)19-8-12-21(37-5)13-9-19/h6-15,25,34H,1-5H3,(H,30,31)/b26-24+. The number of hydrogen-bond acceptors (Lipinski definition) is 6. The number of methoxy groups -OCH3 is 1. The number of aromatic nitrogens is 2. The number of ketones is 1. The van der Waals surface area contributed by atoms with Gasteiger partial charge in [0.25, 0.3) is 5.78 Å². The molecule has 37 heavy (non-hydrogen) atoms. The number of carbonyl (C=O) groups is 2. The van der Waals surface area contributed by atoms with Crippen LogP contribution < -0.4 is 14.5 Å².